The predicted molar refractivity (Wildman–Crippen MR) is 107 cm³/mol. The first-order chi connectivity index (χ1) is 13.9. The van der Waals surface area contributed by atoms with Gasteiger partial charge in [-0.3, -0.25) is 4.79 Å². The Labute approximate surface area is 176 Å². The van der Waals surface area contributed by atoms with Crippen LogP contribution in [0.1, 0.15) is 50.0 Å². The number of ether oxygens (including phenoxy) is 1. The minimum absolute atomic E-state index is 0.0417. The molecular weight excluding hydrogens is 410 g/mol. The lowest BCUT2D eigenvalue weighted by Crippen LogP contribution is -2.41. The first-order valence-corrected chi connectivity index (χ1v) is 11.1. The number of aliphatic hydroxyl groups excluding tert-OH is 1. The fourth-order valence-electron chi connectivity index (χ4n) is 3.12. The highest BCUT2D eigenvalue weighted by Crippen LogP contribution is 2.28. The summed E-state index contributed by atoms with van der Waals surface area (Å²) >= 11 is 0. The molecule has 9 nitrogen and oxygen atoms in total. The lowest BCUT2D eigenvalue weighted by molar-refractivity contribution is -0.149. The summed E-state index contributed by atoms with van der Waals surface area (Å²) in [5.74, 6) is -0.173. The molecule has 1 aromatic carbocycles. The highest BCUT2D eigenvalue weighted by Gasteiger charge is 2.44. The highest BCUT2D eigenvalue weighted by molar-refractivity contribution is 7.89. The number of esters is 1. The van der Waals surface area contributed by atoms with Crippen LogP contribution in [0, 0.1) is 13.8 Å². The van der Waals surface area contributed by atoms with Crippen molar-refractivity contribution >= 4 is 16.0 Å². The summed E-state index contributed by atoms with van der Waals surface area (Å²) in [5.41, 5.74) is 1.46. The van der Waals surface area contributed by atoms with Crippen LogP contribution in [0.15, 0.2) is 27.6 Å². The van der Waals surface area contributed by atoms with Crippen LogP contribution in [0.3, 0.4) is 0 Å². The van der Waals surface area contributed by atoms with Crippen LogP contribution in [-0.4, -0.2) is 52.6 Å². The number of carbonyl (C=O) groups excluding carboxylic acids is 1. The average Bonchev–Trinajstić information content (AvgIpc) is 3.28. The van der Waals surface area contributed by atoms with Crippen LogP contribution < -0.4 is 0 Å². The van der Waals surface area contributed by atoms with Gasteiger partial charge in [0.15, 0.2) is 12.4 Å². The van der Waals surface area contributed by atoms with E-state index in [0.717, 1.165) is 15.4 Å². The first-order valence-electron chi connectivity index (χ1n) is 9.66. The van der Waals surface area contributed by atoms with E-state index in [4.69, 9.17) is 9.26 Å². The van der Waals surface area contributed by atoms with Crippen LogP contribution in [0.25, 0.3) is 0 Å². The molecule has 0 aliphatic carbocycles. The highest BCUT2D eigenvalue weighted by atomic mass is 32.2. The molecule has 30 heavy (non-hydrogen) atoms. The van der Waals surface area contributed by atoms with E-state index in [-0.39, 0.29) is 35.8 Å². The fourth-order valence-corrected chi connectivity index (χ4v) is 4.83. The molecule has 0 amide bonds. The number of β-amino-alcohol motifs (C(OH)–C–C–N with tert-alkyl or cyclic N) is 1. The molecule has 1 saturated heterocycles. The average molecular weight is 438 g/mol. The monoisotopic (exact) mass is 437 g/mol. The van der Waals surface area contributed by atoms with Gasteiger partial charge in [0.1, 0.15) is 6.04 Å². The minimum atomic E-state index is -3.98. The van der Waals surface area contributed by atoms with E-state index in [9.17, 15) is 18.3 Å². The zero-order valence-electron chi connectivity index (χ0n) is 17.7. The van der Waals surface area contributed by atoms with Crippen molar-refractivity contribution in [1.29, 1.82) is 0 Å². The van der Waals surface area contributed by atoms with Crippen molar-refractivity contribution in [2.45, 2.75) is 70.1 Å². The third-order valence-corrected chi connectivity index (χ3v) is 6.94. The Kier molecular flexibility index (Phi) is 6.03. The Morgan fingerprint density at radius 3 is 2.60 bits per heavy atom. The van der Waals surface area contributed by atoms with Gasteiger partial charge in [0, 0.05) is 18.4 Å². The second-order valence-corrected chi connectivity index (χ2v) is 10.5. The van der Waals surface area contributed by atoms with Crippen LogP contribution in [0.2, 0.25) is 0 Å². The Morgan fingerprint density at radius 2 is 2.00 bits per heavy atom. The van der Waals surface area contributed by atoms with Gasteiger partial charge in [-0.2, -0.15) is 9.29 Å². The van der Waals surface area contributed by atoms with Crippen LogP contribution in [-0.2, 0) is 31.6 Å². The Balaban J connectivity index is 1.76. The maximum atomic E-state index is 13.1. The van der Waals surface area contributed by atoms with Crippen LogP contribution in [0.4, 0.5) is 0 Å². The van der Waals surface area contributed by atoms with Gasteiger partial charge in [0.25, 0.3) is 5.89 Å². The van der Waals surface area contributed by atoms with Gasteiger partial charge in [0.2, 0.25) is 10.0 Å². The van der Waals surface area contributed by atoms with E-state index in [0.29, 0.717) is 5.82 Å². The van der Waals surface area contributed by atoms with Gasteiger partial charge in [-0.1, -0.05) is 32.0 Å². The molecule has 10 heteroatoms. The molecule has 1 aliphatic rings. The first kappa shape index (κ1) is 22.4. The number of aryl methyl sites for hydroxylation is 2. The topological polar surface area (TPSA) is 123 Å². The smallest absolute Gasteiger partial charge is 0.325 e. The molecule has 0 saturated carbocycles. The van der Waals surface area contributed by atoms with E-state index < -0.39 is 28.1 Å². The Bertz CT molecular complexity index is 1040. The molecule has 1 aliphatic heterocycles. The molecule has 3 rings (SSSR count). The van der Waals surface area contributed by atoms with Crippen molar-refractivity contribution in [3.05, 3.63) is 41.0 Å². The summed E-state index contributed by atoms with van der Waals surface area (Å²) in [4.78, 5) is 16.9. The van der Waals surface area contributed by atoms with Crippen molar-refractivity contribution < 1.29 is 27.6 Å². The molecular formula is C20H27N3O6S. The third kappa shape index (κ3) is 4.55. The van der Waals surface area contributed by atoms with E-state index in [1.165, 1.54) is 6.07 Å². The van der Waals surface area contributed by atoms with E-state index in [1.54, 1.807) is 12.1 Å². The molecule has 1 unspecified atom stereocenters. The number of nitrogens with zero attached hydrogens (tertiary/aromatic N) is 3. The van der Waals surface area contributed by atoms with Crippen molar-refractivity contribution in [2.75, 3.05) is 6.54 Å². The SMILES string of the molecule is Cc1ccc(S(=O)(=O)N2CC(O)C[C@H]2C(=O)OCc2nc(C(C)(C)C)no2)cc1C. The summed E-state index contributed by atoms with van der Waals surface area (Å²) in [6.45, 7) is 9.01. The standard InChI is InChI=1S/C20H27N3O6S/c1-12-6-7-15(8-13(12)2)30(26,27)23-10-14(24)9-16(23)18(25)28-11-17-21-19(22-29-17)20(3,4)5/h6-8,14,16,24H,9-11H2,1-5H3/t14?,16-/m0/s1. The zero-order valence-corrected chi connectivity index (χ0v) is 18.6. The van der Waals surface area contributed by atoms with Gasteiger partial charge in [-0.15, -0.1) is 0 Å². The molecule has 1 fully saturated rings. The lowest BCUT2D eigenvalue weighted by Gasteiger charge is -2.22. The van der Waals surface area contributed by atoms with E-state index in [2.05, 4.69) is 10.1 Å². The summed E-state index contributed by atoms with van der Waals surface area (Å²) in [7, 11) is -3.98. The molecule has 2 atom stereocenters. The second-order valence-electron chi connectivity index (χ2n) is 8.60. The largest absolute Gasteiger partial charge is 0.454 e. The van der Waals surface area contributed by atoms with Crippen LogP contribution in [0.5, 0.6) is 0 Å². The molecule has 1 N–H and O–H groups in total. The van der Waals surface area contributed by atoms with Gasteiger partial charge in [-0.05, 0) is 37.1 Å². The lowest BCUT2D eigenvalue weighted by atomic mass is 9.96. The van der Waals surface area contributed by atoms with E-state index >= 15 is 0 Å². The fraction of sp³-hybridized carbons (Fsp3) is 0.550. The number of rotatable bonds is 5. The summed E-state index contributed by atoms with van der Waals surface area (Å²) in [6, 6.07) is 3.64. The van der Waals surface area contributed by atoms with Gasteiger partial charge in [-0.25, -0.2) is 8.42 Å². The van der Waals surface area contributed by atoms with Crippen molar-refractivity contribution in [2.24, 2.45) is 0 Å². The minimum Gasteiger partial charge on any atom is -0.454 e. The number of aliphatic hydroxyl groups is 1. The Morgan fingerprint density at radius 1 is 1.30 bits per heavy atom. The Hall–Kier alpha value is -2.30. The molecule has 0 spiro atoms. The van der Waals surface area contributed by atoms with Gasteiger partial charge in [0.05, 0.1) is 11.0 Å². The molecule has 0 radical (unpaired) electrons. The number of carbonyl (C=O) groups is 1. The summed E-state index contributed by atoms with van der Waals surface area (Å²) in [5, 5.41) is 13.9. The zero-order chi connectivity index (χ0) is 22.3. The predicted octanol–water partition coefficient (Wildman–Crippen LogP) is 1.85. The van der Waals surface area contributed by atoms with Crippen molar-refractivity contribution in [3.63, 3.8) is 0 Å². The summed E-state index contributed by atoms with van der Waals surface area (Å²) < 4.78 is 37.6. The number of aromatic nitrogens is 2. The number of hydrogen-bond acceptors (Lipinski definition) is 8. The maximum Gasteiger partial charge on any atom is 0.325 e. The molecule has 0 bridgehead atoms. The van der Waals surface area contributed by atoms with Crippen LogP contribution >= 0.6 is 0 Å². The summed E-state index contributed by atoms with van der Waals surface area (Å²) in [6.07, 6.45) is -1.00. The number of hydrogen-bond donors (Lipinski definition) is 1. The second kappa shape index (κ2) is 8.09. The van der Waals surface area contributed by atoms with Gasteiger partial charge >= 0.3 is 5.97 Å². The van der Waals surface area contributed by atoms with Gasteiger partial charge < -0.3 is 14.4 Å². The number of benzene rings is 1. The van der Waals surface area contributed by atoms with Crippen molar-refractivity contribution in [3.8, 4) is 0 Å². The molecule has 2 heterocycles. The maximum absolute atomic E-state index is 13.1. The molecule has 2 aromatic rings. The van der Waals surface area contributed by atoms with E-state index in [1.807, 2.05) is 34.6 Å². The van der Waals surface area contributed by atoms with Crippen molar-refractivity contribution in [1.82, 2.24) is 14.4 Å². The molecule has 1 aromatic heterocycles. The third-order valence-electron chi connectivity index (χ3n) is 5.07. The number of sulfonamides is 1. The quantitative estimate of drug-likeness (QED) is 0.703. The normalized spacial score (nSPS) is 20.5. The molecule has 164 valence electrons.